The Labute approximate surface area is 96.3 Å². The molecule has 1 fully saturated rings. The summed E-state index contributed by atoms with van der Waals surface area (Å²) in [4.78, 5) is 0. The van der Waals surface area contributed by atoms with E-state index in [0.29, 0.717) is 11.3 Å². The van der Waals surface area contributed by atoms with Crippen LogP contribution in [0.2, 0.25) is 0 Å². The Kier molecular flexibility index (Phi) is 1.90. The normalized spacial score (nSPS) is 29.0. The van der Waals surface area contributed by atoms with Crippen LogP contribution in [0.3, 0.4) is 0 Å². The lowest BCUT2D eigenvalue weighted by atomic mass is 9.93. The summed E-state index contributed by atoms with van der Waals surface area (Å²) < 4.78 is 48.8. The summed E-state index contributed by atoms with van der Waals surface area (Å²) in [6.07, 6.45) is -4.72. The highest BCUT2D eigenvalue weighted by Crippen LogP contribution is 2.54. The van der Waals surface area contributed by atoms with Crippen molar-refractivity contribution in [2.45, 2.75) is 37.8 Å². The molecule has 1 saturated heterocycles. The van der Waals surface area contributed by atoms with Gasteiger partial charge in [-0.15, -0.1) is 0 Å². The fourth-order valence-electron chi connectivity index (χ4n) is 2.26. The molecule has 0 bridgehead atoms. The lowest BCUT2D eigenvalue weighted by Gasteiger charge is -2.29. The molecule has 1 aromatic carbocycles. The Balaban J connectivity index is 2.04. The number of ether oxygens (including phenoxy) is 2. The maximum atomic E-state index is 12.6. The van der Waals surface area contributed by atoms with Gasteiger partial charge < -0.3 is 9.47 Å². The summed E-state index contributed by atoms with van der Waals surface area (Å²) >= 11 is 0. The van der Waals surface area contributed by atoms with Crippen LogP contribution in [0.4, 0.5) is 13.2 Å². The number of epoxide rings is 1. The van der Waals surface area contributed by atoms with Crippen molar-refractivity contribution < 1.29 is 22.6 Å². The molecule has 2 atom stereocenters. The molecule has 2 nitrogen and oxygen atoms in total. The van der Waals surface area contributed by atoms with Crippen molar-refractivity contribution >= 4 is 0 Å². The molecule has 17 heavy (non-hydrogen) atoms. The third kappa shape index (κ3) is 1.60. The van der Waals surface area contributed by atoms with Gasteiger partial charge in [-0.2, -0.15) is 13.2 Å². The summed E-state index contributed by atoms with van der Waals surface area (Å²) in [5.74, 6) is 0.488. The first-order valence-corrected chi connectivity index (χ1v) is 5.35. The molecule has 2 aliphatic heterocycles. The van der Waals surface area contributed by atoms with E-state index in [1.54, 1.807) is 0 Å². The maximum Gasteiger partial charge on any atom is 0.416 e. The summed E-state index contributed by atoms with van der Waals surface area (Å²) in [6.45, 7) is 3.75. The first-order valence-electron chi connectivity index (χ1n) is 5.35. The number of benzene rings is 1. The summed E-state index contributed by atoms with van der Waals surface area (Å²) in [5.41, 5.74) is -0.629. The molecular weight excluding hydrogens is 233 g/mol. The number of hydrogen-bond acceptors (Lipinski definition) is 2. The molecule has 0 N–H and O–H groups in total. The average Bonchev–Trinajstić information content (AvgIpc) is 2.95. The third-order valence-electron chi connectivity index (χ3n) is 3.19. The Bertz CT molecular complexity index is 479. The summed E-state index contributed by atoms with van der Waals surface area (Å²) in [6, 6.07) is 3.53. The fraction of sp³-hybridized carbons (Fsp3) is 0.500. The number of hydrogen-bond donors (Lipinski definition) is 0. The third-order valence-corrected chi connectivity index (χ3v) is 3.19. The molecule has 2 unspecified atom stereocenters. The zero-order chi connectivity index (χ0) is 12.4. The molecule has 0 aromatic heterocycles. The molecular formula is C12H11F3O2. The second kappa shape index (κ2) is 2.96. The van der Waals surface area contributed by atoms with Gasteiger partial charge in [0, 0.05) is 5.56 Å². The maximum absolute atomic E-state index is 12.6. The van der Waals surface area contributed by atoms with Crippen LogP contribution in [0, 0.1) is 0 Å². The van der Waals surface area contributed by atoms with Gasteiger partial charge in [-0.3, -0.25) is 0 Å². The molecule has 0 spiro atoms. The molecule has 3 rings (SSSR count). The summed E-state index contributed by atoms with van der Waals surface area (Å²) in [7, 11) is 0. The van der Waals surface area contributed by atoms with E-state index in [1.807, 2.05) is 13.8 Å². The van der Waals surface area contributed by atoms with Crippen molar-refractivity contribution in [3.63, 3.8) is 0 Å². The largest absolute Gasteiger partial charge is 0.485 e. The predicted octanol–water partition coefficient (Wildman–Crippen LogP) is 3.32. The molecule has 0 amide bonds. The van der Waals surface area contributed by atoms with Crippen LogP contribution in [0.25, 0.3) is 0 Å². The van der Waals surface area contributed by atoms with Crippen LogP contribution in [-0.4, -0.2) is 11.7 Å². The average molecular weight is 244 g/mol. The van der Waals surface area contributed by atoms with Gasteiger partial charge in [0.2, 0.25) is 0 Å². The number of rotatable bonds is 0. The van der Waals surface area contributed by atoms with Crippen LogP contribution in [0.15, 0.2) is 18.2 Å². The number of halogens is 3. The van der Waals surface area contributed by atoms with Crippen LogP contribution in [0.5, 0.6) is 5.75 Å². The highest BCUT2D eigenvalue weighted by atomic mass is 19.4. The van der Waals surface area contributed by atoms with Crippen molar-refractivity contribution in [2.75, 3.05) is 0 Å². The van der Waals surface area contributed by atoms with Gasteiger partial charge in [-0.05, 0) is 32.0 Å². The van der Waals surface area contributed by atoms with E-state index in [2.05, 4.69) is 0 Å². The van der Waals surface area contributed by atoms with E-state index in [1.165, 1.54) is 6.07 Å². The molecule has 2 heterocycles. The van der Waals surface area contributed by atoms with E-state index in [9.17, 15) is 13.2 Å². The Morgan fingerprint density at radius 2 is 1.94 bits per heavy atom. The second-order valence-electron chi connectivity index (χ2n) is 4.93. The molecule has 5 heteroatoms. The number of fused-ring (bicyclic) bond motifs is 3. The first-order chi connectivity index (χ1) is 7.79. The zero-order valence-electron chi connectivity index (χ0n) is 9.34. The van der Waals surface area contributed by atoms with Crippen LogP contribution in [-0.2, 0) is 10.9 Å². The lowest BCUT2D eigenvalue weighted by molar-refractivity contribution is -0.137. The Morgan fingerprint density at radius 1 is 1.24 bits per heavy atom. The number of alkyl halides is 3. The van der Waals surface area contributed by atoms with Gasteiger partial charge in [0.15, 0.2) is 0 Å². The van der Waals surface area contributed by atoms with Crippen molar-refractivity contribution in [2.24, 2.45) is 0 Å². The molecule has 2 aliphatic rings. The minimum atomic E-state index is -4.33. The van der Waals surface area contributed by atoms with E-state index >= 15 is 0 Å². The molecule has 0 aliphatic carbocycles. The van der Waals surface area contributed by atoms with E-state index < -0.39 is 17.3 Å². The van der Waals surface area contributed by atoms with Crippen LogP contribution >= 0.6 is 0 Å². The van der Waals surface area contributed by atoms with Crippen LogP contribution in [0.1, 0.15) is 31.1 Å². The Hall–Kier alpha value is -1.23. The van der Waals surface area contributed by atoms with Crippen molar-refractivity contribution in [1.82, 2.24) is 0 Å². The monoisotopic (exact) mass is 244 g/mol. The molecule has 0 radical (unpaired) electrons. The SMILES string of the molecule is CC1(C)Oc2ccc(C(F)(F)F)cc2C2OC21. The highest BCUT2D eigenvalue weighted by molar-refractivity contribution is 5.45. The minimum absolute atomic E-state index is 0.140. The van der Waals surface area contributed by atoms with Gasteiger partial charge in [-0.1, -0.05) is 0 Å². The predicted molar refractivity (Wildman–Crippen MR) is 53.8 cm³/mol. The fourth-order valence-corrected chi connectivity index (χ4v) is 2.26. The molecule has 0 saturated carbocycles. The van der Waals surface area contributed by atoms with E-state index in [4.69, 9.17) is 9.47 Å². The van der Waals surface area contributed by atoms with E-state index in [0.717, 1.165) is 12.1 Å². The quantitative estimate of drug-likeness (QED) is 0.653. The van der Waals surface area contributed by atoms with Crippen molar-refractivity contribution in [1.29, 1.82) is 0 Å². The topological polar surface area (TPSA) is 21.8 Å². The lowest BCUT2D eigenvalue weighted by Crippen LogP contribution is -2.37. The Morgan fingerprint density at radius 3 is 2.59 bits per heavy atom. The molecule has 1 aromatic rings. The second-order valence-corrected chi connectivity index (χ2v) is 4.93. The van der Waals surface area contributed by atoms with Gasteiger partial charge in [0.25, 0.3) is 0 Å². The molecule has 92 valence electrons. The van der Waals surface area contributed by atoms with Gasteiger partial charge >= 0.3 is 6.18 Å². The van der Waals surface area contributed by atoms with Gasteiger partial charge in [0.1, 0.15) is 23.6 Å². The smallest absolute Gasteiger partial charge is 0.416 e. The summed E-state index contributed by atoms with van der Waals surface area (Å²) in [5, 5.41) is 0. The van der Waals surface area contributed by atoms with Crippen LogP contribution < -0.4 is 4.74 Å². The van der Waals surface area contributed by atoms with Gasteiger partial charge in [-0.25, -0.2) is 0 Å². The minimum Gasteiger partial charge on any atom is -0.485 e. The highest BCUT2D eigenvalue weighted by Gasteiger charge is 2.57. The van der Waals surface area contributed by atoms with Crippen molar-refractivity contribution in [3.05, 3.63) is 29.3 Å². The van der Waals surface area contributed by atoms with Gasteiger partial charge in [0.05, 0.1) is 5.56 Å². The zero-order valence-corrected chi connectivity index (χ0v) is 9.34. The van der Waals surface area contributed by atoms with E-state index in [-0.39, 0.29) is 12.2 Å². The standard InChI is InChI=1S/C12H11F3O2/c1-11(2)10-9(16-10)7-5-6(12(13,14)15)3-4-8(7)17-11/h3-5,9-10H,1-2H3. The van der Waals surface area contributed by atoms with Crippen molar-refractivity contribution in [3.8, 4) is 5.75 Å². The first kappa shape index (κ1) is 10.9.